The van der Waals surface area contributed by atoms with Crippen molar-refractivity contribution in [1.29, 1.82) is 0 Å². The second kappa shape index (κ2) is 6.47. The Hall–Kier alpha value is -1.95. The molecule has 0 bridgehead atoms. The summed E-state index contributed by atoms with van der Waals surface area (Å²) >= 11 is 3.41. The van der Waals surface area contributed by atoms with Gasteiger partial charge in [-0.1, -0.05) is 35.0 Å². The first-order chi connectivity index (χ1) is 9.60. The van der Waals surface area contributed by atoms with Crippen molar-refractivity contribution in [2.75, 3.05) is 5.32 Å². The Morgan fingerprint density at radius 2 is 2.00 bits per heavy atom. The quantitative estimate of drug-likeness (QED) is 0.652. The van der Waals surface area contributed by atoms with E-state index in [1.165, 1.54) is 12.3 Å². The van der Waals surface area contributed by atoms with E-state index in [0.717, 1.165) is 16.5 Å². The number of rotatable bonds is 5. The number of benzene rings is 1. The van der Waals surface area contributed by atoms with E-state index in [-0.39, 0.29) is 11.7 Å². The lowest BCUT2D eigenvalue weighted by atomic mass is 10.0. The number of nitrogens with one attached hydrogen (secondary N) is 1. The van der Waals surface area contributed by atoms with Gasteiger partial charge in [-0.3, -0.25) is 10.1 Å². The lowest BCUT2D eigenvalue weighted by Crippen LogP contribution is -2.10. The number of halogens is 1. The Balaban J connectivity index is 2.13. The highest BCUT2D eigenvalue weighted by atomic mass is 79.9. The molecule has 6 heteroatoms. The molecule has 1 N–H and O–H groups in total. The fraction of sp³-hybridized carbons (Fsp3) is 0.214. The van der Waals surface area contributed by atoms with Crippen LogP contribution in [0.15, 0.2) is 47.1 Å². The van der Waals surface area contributed by atoms with Crippen LogP contribution in [-0.2, 0) is 0 Å². The highest BCUT2D eigenvalue weighted by molar-refractivity contribution is 9.10. The minimum Gasteiger partial charge on any atom is -0.363 e. The third-order valence-electron chi connectivity index (χ3n) is 2.96. The summed E-state index contributed by atoms with van der Waals surface area (Å²) in [5.74, 6) is 0.630. The zero-order chi connectivity index (χ0) is 14.5. The molecule has 0 radical (unpaired) electrons. The largest absolute Gasteiger partial charge is 0.363 e. The molecule has 1 heterocycles. The summed E-state index contributed by atoms with van der Waals surface area (Å²) in [4.78, 5) is 14.2. The van der Waals surface area contributed by atoms with Crippen molar-refractivity contribution < 1.29 is 4.92 Å². The maximum atomic E-state index is 10.6. The summed E-state index contributed by atoms with van der Waals surface area (Å²) in [6.07, 6.45) is 2.15. The maximum Gasteiger partial charge on any atom is 0.287 e. The van der Waals surface area contributed by atoms with Crippen molar-refractivity contribution in [3.05, 3.63) is 62.7 Å². The standard InChI is InChI=1S/C14H14BrN3O2/c1-2-13(10-3-5-11(15)6-4-10)17-14-8-7-12(9-16-14)18(19)20/h3-9,13H,2H2,1H3,(H,16,17)/t13-/m1/s1. The van der Waals surface area contributed by atoms with E-state index < -0.39 is 4.92 Å². The Bertz CT molecular complexity index is 584. The number of nitrogens with zero attached hydrogens (tertiary/aromatic N) is 2. The fourth-order valence-electron chi connectivity index (χ4n) is 1.87. The molecule has 1 aromatic heterocycles. The molecule has 0 spiro atoms. The van der Waals surface area contributed by atoms with Crippen molar-refractivity contribution >= 4 is 27.4 Å². The molecule has 2 aromatic rings. The molecule has 0 amide bonds. The minimum atomic E-state index is -0.456. The molecule has 1 aromatic carbocycles. The van der Waals surface area contributed by atoms with Crippen LogP contribution in [0.4, 0.5) is 11.5 Å². The zero-order valence-corrected chi connectivity index (χ0v) is 12.5. The van der Waals surface area contributed by atoms with Crippen molar-refractivity contribution in [3.63, 3.8) is 0 Å². The van der Waals surface area contributed by atoms with Gasteiger partial charge in [-0.05, 0) is 30.2 Å². The van der Waals surface area contributed by atoms with Crippen LogP contribution < -0.4 is 5.32 Å². The Morgan fingerprint density at radius 1 is 1.30 bits per heavy atom. The van der Waals surface area contributed by atoms with Crippen LogP contribution in [0.5, 0.6) is 0 Å². The van der Waals surface area contributed by atoms with Gasteiger partial charge in [0.1, 0.15) is 12.0 Å². The number of hydrogen-bond donors (Lipinski definition) is 1. The SMILES string of the molecule is CC[C@@H](Nc1ccc([N+](=O)[O-])cn1)c1ccc(Br)cc1. The van der Waals surface area contributed by atoms with Gasteiger partial charge in [-0.15, -0.1) is 0 Å². The molecule has 0 unspecified atom stereocenters. The van der Waals surface area contributed by atoms with Crippen LogP contribution >= 0.6 is 15.9 Å². The first-order valence-corrected chi connectivity index (χ1v) is 7.02. The van der Waals surface area contributed by atoms with Gasteiger partial charge in [0.2, 0.25) is 0 Å². The van der Waals surface area contributed by atoms with Crippen LogP contribution in [-0.4, -0.2) is 9.91 Å². The van der Waals surface area contributed by atoms with Gasteiger partial charge < -0.3 is 5.32 Å². The molecule has 0 fully saturated rings. The lowest BCUT2D eigenvalue weighted by Gasteiger charge is -2.18. The van der Waals surface area contributed by atoms with Gasteiger partial charge in [0, 0.05) is 10.5 Å². The van der Waals surface area contributed by atoms with Crippen molar-refractivity contribution in [2.24, 2.45) is 0 Å². The second-order valence-corrected chi connectivity index (χ2v) is 5.23. The molecule has 0 aliphatic heterocycles. The Labute approximate surface area is 125 Å². The molecule has 2 rings (SSSR count). The van der Waals surface area contributed by atoms with E-state index in [4.69, 9.17) is 0 Å². The predicted molar refractivity (Wildman–Crippen MR) is 81.7 cm³/mol. The van der Waals surface area contributed by atoms with Crippen LogP contribution in [0.3, 0.4) is 0 Å². The van der Waals surface area contributed by atoms with Gasteiger partial charge in [0.15, 0.2) is 0 Å². The smallest absolute Gasteiger partial charge is 0.287 e. The van der Waals surface area contributed by atoms with Gasteiger partial charge >= 0.3 is 0 Å². The monoisotopic (exact) mass is 335 g/mol. The van der Waals surface area contributed by atoms with Crippen molar-refractivity contribution in [1.82, 2.24) is 4.98 Å². The molecular weight excluding hydrogens is 322 g/mol. The molecule has 20 heavy (non-hydrogen) atoms. The summed E-state index contributed by atoms with van der Waals surface area (Å²) in [6, 6.07) is 11.2. The van der Waals surface area contributed by atoms with Gasteiger partial charge in [-0.25, -0.2) is 4.98 Å². The van der Waals surface area contributed by atoms with E-state index in [1.54, 1.807) is 6.07 Å². The topological polar surface area (TPSA) is 68.1 Å². The summed E-state index contributed by atoms with van der Waals surface area (Å²) in [6.45, 7) is 2.07. The fourth-order valence-corrected chi connectivity index (χ4v) is 2.14. The Kier molecular flexibility index (Phi) is 4.68. The van der Waals surface area contributed by atoms with Crippen LogP contribution in [0.2, 0.25) is 0 Å². The molecule has 0 aliphatic rings. The highest BCUT2D eigenvalue weighted by Crippen LogP contribution is 2.23. The van der Waals surface area contributed by atoms with Crippen molar-refractivity contribution in [3.8, 4) is 0 Å². The van der Waals surface area contributed by atoms with Crippen LogP contribution in [0.25, 0.3) is 0 Å². The third-order valence-corrected chi connectivity index (χ3v) is 3.49. The number of pyridine rings is 1. The summed E-state index contributed by atoms with van der Waals surface area (Å²) < 4.78 is 1.03. The third kappa shape index (κ3) is 3.54. The number of aromatic nitrogens is 1. The van der Waals surface area contributed by atoms with Gasteiger partial charge in [0.25, 0.3) is 5.69 Å². The number of nitro groups is 1. The maximum absolute atomic E-state index is 10.6. The summed E-state index contributed by atoms with van der Waals surface area (Å²) in [7, 11) is 0. The molecule has 5 nitrogen and oxygen atoms in total. The molecule has 1 atom stereocenters. The minimum absolute atomic E-state index is 0.00719. The normalized spacial score (nSPS) is 11.9. The van der Waals surface area contributed by atoms with Crippen LogP contribution in [0, 0.1) is 10.1 Å². The molecule has 0 aliphatic carbocycles. The molecule has 0 saturated heterocycles. The van der Waals surface area contributed by atoms with E-state index in [0.29, 0.717) is 5.82 Å². The summed E-state index contributed by atoms with van der Waals surface area (Å²) in [5.41, 5.74) is 1.14. The zero-order valence-electron chi connectivity index (χ0n) is 10.9. The van der Waals surface area contributed by atoms with E-state index >= 15 is 0 Å². The average molecular weight is 336 g/mol. The van der Waals surface area contributed by atoms with Gasteiger partial charge in [-0.2, -0.15) is 0 Å². The summed E-state index contributed by atoms with van der Waals surface area (Å²) in [5, 5.41) is 13.9. The molecular formula is C14H14BrN3O2. The highest BCUT2D eigenvalue weighted by Gasteiger charge is 2.11. The first-order valence-electron chi connectivity index (χ1n) is 6.22. The molecule has 0 saturated carbocycles. The van der Waals surface area contributed by atoms with Gasteiger partial charge in [0.05, 0.1) is 11.0 Å². The first kappa shape index (κ1) is 14.5. The molecule has 104 valence electrons. The number of anilines is 1. The van der Waals surface area contributed by atoms with Crippen LogP contribution in [0.1, 0.15) is 24.9 Å². The predicted octanol–water partition coefficient (Wildman–Crippen LogP) is 4.32. The lowest BCUT2D eigenvalue weighted by molar-refractivity contribution is -0.385. The van der Waals surface area contributed by atoms with E-state index in [1.807, 2.05) is 24.3 Å². The second-order valence-electron chi connectivity index (χ2n) is 4.32. The van der Waals surface area contributed by atoms with E-state index in [2.05, 4.69) is 33.2 Å². The number of hydrogen-bond acceptors (Lipinski definition) is 4. The Morgan fingerprint density at radius 3 is 2.50 bits per heavy atom. The van der Waals surface area contributed by atoms with E-state index in [9.17, 15) is 10.1 Å². The average Bonchev–Trinajstić information content (AvgIpc) is 2.46. The van der Waals surface area contributed by atoms with Crippen molar-refractivity contribution in [2.45, 2.75) is 19.4 Å².